The Kier molecular flexibility index (Phi) is 2.12. The van der Waals surface area contributed by atoms with Crippen LogP contribution in [0.1, 0.15) is 20.3 Å². The smallest absolute Gasteiger partial charge is 0.352 e. The van der Waals surface area contributed by atoms with Gasteiger partial charge >= 0.3 is 5.97 Å². The zero-order chi connectivity index (χ0) is 9.30. The van der Waals surface area contributed by atoms with Crippen LogP contribution in [0.15, 0.2) is 5.10 Å². The number of aliphatic carboxylic acids is 1. The van der Waals surface area contributed by atoms with Gasteiger partial charge in [0.25, 0.3) is 0 Å². The molecule has 0 bridgehead atoms. The number of nitrogens with zero attached hydrogens (tertiary/aromatic N) is 2. The van der Waals surface area contributed by atoms with Gasteiger partial charge in [0, 0.05) is 6.04 Å². The third-order valence-electron chi connectivity index (χ3n) is 1.54. The van der Waals surface area contributed by atoms with E-state index in [-0.39, 0.29) is 24.1 Å². The third kappa shape index (κ3) is 1.44. The minimum Gasteiger partial charge on any atom is -0.477 e. The van der Waals surface area contributed by atoms with Crippen molar-refractivity contribution < 1.29 is 14.7 Å². The summed E-state index contributed by atoms with van der Waals surface area (Å²) in [5, 5.41) is 13.4. The lowest BCUT2D eigenvalue weighted by Crippen LogP contribution is -2.27. The third-order valence-corrected chi connectivity index (χ3v) is 1.54. The molecule has 1 rings (SSSR count). The van der Waals surface area contributed by atoms with E-state index in [1.165, 1.54) is 5.01 Å². The van der Waals surface area contributed by atoms with Crippen molar-refractivity contribution in [3.05, 3.63) is 0 Å². The molecule has 0 aromatic rings. The largest absolute Gasteiger partial charge is 0.477 e. The van der Waals surface area contributed by atoms with Crippen molar-refractivity contribution in [3.63, 3.8) is 0 Å². The van der Waals surface area contributed by atoms with Gasteiger partial charge in [0.2, 0.25) is 5.91 Å². The molecule has 0 radical (unpaired) electrons. The van der Waals surface area contributed by atoms with Crippen LogP contribution in [-0.2, 0) is 9.59 Å². The summed E-state index contributed by atoms with van der Waals surface area (Å²) < 4.78 is 0. The Morgan fingerprint density at radius 2 is 2.25 bits per heavy atom. The summed E-state index contributed by atoms with van der Waals surface area (Å²) in [6, 6.07) is -0.0747. The Morgan fingerprint density at radius 1 is 1.67 bits per heavy atom. The first kappa shape index (κ1) is 8.70. The molecule has 0 fully saturated rings. The van der Waals surface area contributed by atoms with E-state index in [0.29, 0.717) is 0 Å². The fourth-order valence-corrected chi connectivity index (χ4v) is 0.967. The van der Waals surface area contributed by atoms with Crippen LogP contribution in [0.5, 0.6) is 0 Å². The number of amides is 1. The zero-order valence-corrected chi connectivity index (χ0v) is 6.94. The molecule has 1 aliphatic heterocycles. The second-order valence-corrected chi connectivity index (χ2v) is 2.86. The molecular formula is C7H10N2O3. The van der Waals surface area contributed by atoms with Gasteiger partial charge in [0.15, 0.2) is 5.71 Å². The summed E-state index contributed by atoms with van der Waals surface area (Å²) in [4.78, 5) is 21.5. The predicted octanol–water partition coefficient (Wildman–Crippen LogP) is 0.0677. The van der Waals surface area contributed by atoms with Crippen LogP contribution >= 0.6 is 0 Å². The molecule has 0 spiro atoms. The van der Waals surface area contributed by atoms with Gasteiger partial charge in [-0.25, -0.2) is 9.80 Å². The maximum atomic E-state index is 11.1. The number of rotatable bonds is 2. The van der Waals surface area contributed by atoms with Gasteiger partial charge < -0.3 is 5.11 Å². The highest BCUT2D eigenvalue weighted by Gasteiger charge is 2.29. The van der Waals surface area contributed by atoms with Gasteiger partial charge in [-0.15, -0.1) is 0 Å². The summed E-state index contributed by atoms with van der Waals surface area (Å²) in [5.74, 6) is -1.37. The lowest BCUT2D eigenvalue weighted by molar-refractivity contribution is -0.131. The highest BCUT2D eigenvalue weighted by molar-refractivity contribution is 6.40. The first-order valence-electron chi connectivity index (χ1n) is 3.65. The SMILES string of the molecule is CC(C)N1N=C(C(=O)O)CC1=O. The number of hydrazone groups is 1. The highest BCUT2D eigenvalue weighted by atomic mass is 16.4. The van der Waals surface area contributed by atoms with Gasteiger partial charge in [-0.3, -0.25) is 4.79 Å². The molecule has 1 aliphatic rings. The van der Waals surface area contributed by atoms with E-state index in [1.807, 2.05) is 0 Å². The molecule has 5 nitrogen and oxygen atoms in total. The van der Waals surface area contributed by atoms with E-state index in [4.69, 9.17) is 5.11 Å². The van der Waals surface area contributed by atoms with Crippen molar-refractivity contribution in [2.45, 2.75) is 26.3 Å². The van der Waals surface area contributed by atoms with E-state index in [2.05, 4.69) is 5.10 Å². The van der Waals surface area contributed by atoms with E-state index in [1.54, 1.807) is 13.8 Å². The standard InChI is InChI=1S/C7H10N2O3/c1-4(2)9-6(10)3-5(8-9)7(11)12/h4H,3H2,1-2H3,(H,11,12). The normalized spacial score (nSPS) is 17.1. The van der Waals surface area contributed by atoms with E-state index >= 15 is 0 Å². The van der Waals surface area contributed by atoms with Gasteiger partial charge in [-0.1, -0.05) is 0 Å². The molecule has 1 amide bonds. The molecule has 0 aromatic carbocycles. The Labute approximate surface area is 69.7 Å². The van der Waals surface area contributed by atoms with Gasteiger partial charge in [0.1, 0.15) is 0 Å². The lowest BCUT2D eigenvalue weighted by atomic mass is 10.2. The molecule has 0 aromatic heterocycles. The number of hydrogen-bond donors (Lipinski definition) is 1. The average molecular weight is 170 g/mol. The predicted molar refractivity (Wildman–Crippen MR) is 41.7 cm³/mol. The summed E-state index contributed by atoms with van der Waals surface area (Å²) in [7, 11) is 0. The maximum Gasteiger partial charge on any atom is 0.352 e. The number of carbonyl (C=O) groups excluding carboxylic acids is 1. The summed E-state index contributed by atoms with van der Waals surface area (Å²) >= 11 is 0. The molecule has 0 atom stereocenters. The zero-order valence-electron chi connectivity index (χ0n) is 6.94. The van der Waals surface area contributed by atoms with Crippen molar-refractivity contribution in [2.75, 3.05) is 0 Å². The van der Waals surface area contributed by atoms with Crippen molar-refractivity contribution >= 4 is 17.6 Å². The van der Waals surface area contributed by atoms with E-state index < -0.39 is 5.97 Å². The number of carbonyl (C=O) groups is 2. The van der Waals surface area contributed by atoms with E-state index in [9.17, 15) is 9.59 Å². The highest BCUT2D eigenvalue weighted by Crippen LogP contribution is 2.11. The fourth-order valence-electron chi connectivity index (χ4n) is 0.967. The van der Waals surface area contributed by atoms with Gasteiger partial charge in [-0.05, 0) is 13.8 Å². The molecule has 5 heteroatoms. The summed E-state index contributed by atoms with van der Waals surface area (Å²) in [6.45, 7) is 3.57. The van der Waals surface area contributed by atoms with Gasteiger partial charge in [0.05, 0.1) is 6.42 Å². The second kappa shape index (κ2) is 2.92. The van der Waals surface area contributed by atoms with Crippen LogP contribution in [0.3, 0.4) is 0 Å². The van der Waals surface area contributed by atoms with Crippen molar-refractivity contribution in [3.8, 4) is 0 Å². The van der Waals surface area contributed by atoms with Crippen molar-refractivity contribution in [2.24, 2.45) is 5.10 Å². The van der Waals surface area contributed by atoms with Crippen LogP contribution in [0, 0.1) is 0 Å². The minimum atomic E-state index is -1.12. The topological polar surface area (TPSA) is 70.0 Å². The monoisotopic (exact) mass is 170 g/mol. The van der Waals surface area contributed by atoms with Gasteiger partial charge in [-0.2, -0.15) is 5.10 Å². The Balaban J connectivity index is 2.80. The molecule has 1 heterocycles. The molecule has 0 unspecified atom stereocenters. The van der Waals surface area contributed by atoms with Crippen LogP contribution in [-0.4, -0.2) is 33.7 Å². The summed E-state index contributed by atoms with van der Waals surface area (Å²) in [5.41, 5.74) is -0.0753. The molecule has 0 saturated heterocycles. The average Bonchev–Trinajstić information content (AvgIpc) is 2.30. The molecule has 1 N–H and O–H groups in total. The van der Waals surface area contributed by atoms with Crippen molar-refractivity contribution in [1.82, 2.24) is 5.01 Å². The number of hydrogen-bond acceptors (Lipinski definition) is 3. The quantitative estimate of drug-likeness (QED) is 0.637. The Hall–Kier alpha value is -1.39. The van der Waals surface area contributed by atoms with E-state index in [0.717, 1.165) is 0 Å². The molecular weight excluding hydrogens is 160 g/mol. The lowest BCUT2D eigenvalue weighted by Gasteiger charge is -2.14. The minimum absolute atomic E-state index is 0.0747. The van der Waals surface area contributed by atoms with Crippen LogP contribution < -0.4 is 0 Å². The van der Waals surface area contributed by atoms with Crippen LogP contribution in [0.2, 0.25) is 0 Å². The summed E-state index contributed by atoms with van der Waals surface area (Å²) in [6.07, 6.45) is -0.0898. The molecule has 12 heavy (non-hydrogen) atoms. The number of carboxylic acid groups (broad SMARTS) is 1. The fraction of sp³-hybridized carbons (Fsp3) is 0.571. The second-order valence-electron chi connectivity index (χ2n) is 2.86. The molecule has 0 aliphatic carbocycles. The van der Waals surface area contributed by atoms with Crippen molar-refractivity contribution in [1.29, 1.82) is 0 Å². The Bertz CT molecular complexity index is 257. The maximum absolute atomic E-state index is 11.1. The molecule has 66 valence electrons. The van der Waals surface area contributed by atoms with Crippen LogP contribution in [0.4, 0.5) is 0 Å². The first-order chi connectivity index (χ1) is 5.52. The molecule has 0 saturated carbocycles. The Morgan fingerprint density at radius 3 is 2.50 bits per heavy atom. The number of carboxylic acids is 1. The first-order valence-corrected chi connectivity index (χ1v) is 3.65. The van der Waals surface area contributed by atoms with Crippen LogP contribution in [0.25, 0.3) is 0 Å².